The molecule has 1 aromatic rings. The van der Waals surface area contributed by atoms with Crippen LogP contribution in [0.3, 0.4) is 0 Å². The first-order valence-corrected chi connectivity index (χ1v) is 5.96. The fourth-order valence-corrected chi connectivity index (χ4v) is 2.42. The molecule has 1 aliphatic rings. The lowest BCUT2D eigenvalue weighted by molar-refractivity contribution is 0.341. The van der Waals surface area contributed by atoms with Gasteiger partial charge in [0.15, 0.2) is 0 Å². The second kappa shape index (κ2) is 4.07. The minimum atomic E-state index is 0.326. The third kappa shape index (κ3) is 2.20. The van der Waals surface area contributed by atoms with Crippen LogP contribution in [-0.4, -0.2) is 5.54 Å². The van der Waals surface area contributed by atoms with Crippen molar-refractivity contribution in [2.75, 3.05) is 0 Å². The molecule has 2 rings (SSSR count). The van der Waals surface area contributed by atoms with Crippen molar-refractivity contribution in [2.24, 2.45) is 0 Å². The Balaban J connectivity index is 1.91. The number of hydrogen-bond acceptors (Lipinski definition) is 2. The van der Waals surface area contributed by atoms with Gasteiger partial charge in [0.05, 0.1) is 17.3 Å². The highest BCUT2D eigenvalue weighted by atomic mass is 79.9. The zero-order valence-electron chi connectivity index (χ0n) is 8.48. The van der Waals surface area contributed by atoms with E-state index in [1.165, 1.54) is 25.7 Å². The van der Waals surface area contributed by atoms with E-state index in [9.17, 15) is 0 Å². The van der Waals surface area contributed by atoms with Gasteiger partial charge in [0, 0.05) is 5.54 Å². The van der Waals surface area contributed by atoms with Crippen LogP contribution >= 0.6 is 15.9 Å². The highest BCUT2D eigenvalue weighted by molar-refractivity contribution is 9.10. The van der Waals surface area contributed by atoms with Crippen LogP contribution in [0, 0.1) is 0 Å². The van der Waals surface area contributed by atoms with Crippen LogP contribution in [0.15, 0.2) is 21.2 Å². The number of hydrogen-bond donors (Lipinski definition) is 1. The molecule has 0 aliphatic heterocycles. The molecule has 0 radical (unpaired) electrons. The van der Waals surface area contributed by atoms with Crippen molar-refractivity contribution >= 4 is 15.9 Å². The largest absolute Gasteiger partial charge is 0.467 e. The Kier molecular flexibility index (Phi) is 2.98. The third-order valence-electron chi connectivity index (χ3n) is 3.07. The Labute approximate surface area is 93.2 Å². The Morgan fingerprint density at radius 3 is 2.79 bits per heavy atom. The van der Waals surface area contributed by atoms with Crippen LogP contribution in [0.2, 0.25) is 0 Å². The van der Waals surface area contributed by atoms with Crippen molar-refractivity contribution < 1.29 is 4.42 Å². The van der Waals surface area contributed by atoms with Crippen molar-refractivity contribution in [3.8, 4) is 0 Å². The van der Waals surface area contributed by atoms with Crippen LogP contribution in [0.1, 0.15) is 38.4 Å². The average molecular weight is 258 g/mol. The molecule has 1 saturated carbocycles. The summed E-state index contributed by atoms with van der Waals surface area (Å²) in [6.07, 6.45) is 6.99. The van der Waals surface area contributed by atoms with E-state index in [1.807, 2.05) is 6.07 Å². The first-order valence-electron chi connectivity index (χ1n) is 5.17. The lowest BCUT2D eigenvalue weighted by Crippen LogP contribution is -2.38. The number of halogens is 1. The Bertz CT molecular complexity index is 302. The average Bonchev–Trinajstić information content (AvgIpc) is 2.73. The van der Waals surface area contributed by atoms with Gasteiger partial charge in [-0.3, -0.25) is 0 Å². The molecule has 78 valence electrons. The summed E-state index contributed by atoms with van der Waals surface area (Å²) in [4.78, 5) is 0. The zero-order valence-corrected chi connectivity index (χ0v) is 10.1. The highest BCUT2D eigenvalue weighted by Gasteiger charge is 2.28. The van der Waals surface area contributed by atoms with Gasteiger partial charge < -0.3 is 9.73 Å². The molecule has 1 N–H and O–H groups in total. The van der Waals surface area contributed by atoms with Gasteiger partial charge in [-0.15, -0.1) is 0 Å². The van der Waals surface area contributed by atoms with E-state index in [0.29, 0.717) is 5.54 Å². The second-order valence-electron chi connectivity index (χ2n) is 4.31. The van der Waals surface area contributed by atoms with E-state index < -0.39 is 0 Å². The van der Waals surface area contributed by atoms with Crippen LogP contribution in [-0.2, 0) is 6.54 Å². The van der Waals surface area contributed by atoms with E-state index in [-0.39, 0.29) is 0 Å². The molecule has 2 nitrogen and oxygen atoms in total. The molecule has 1 aromatic heterocycles. The summed E-state index contributed by atoms with van der Waals surface area (Å²) in [5.74, 6) is 0.998. The lowest BCUT2D eigenvalue weighted by atomic mass is 10.0. The smallest absolute Gasteiger partial charge is 0.131 e. The normalized spacial score (nSPS) is 20.1. The van der Waals surface area contributed by atoms with Crippen LogP contribution in [0.5, 0.6) is 0 Å². The second-order valence-corrected chi connectivity index (χ2v) is 5.17. The summed E-state index contributed by atoms with van der Waals surface area (Å²) in [5.41, 5.74) is 0.326. The van der Waals surface area contributed by atoms with Crippen molar-refractivity contribution in [3.63, 3.8) is 0 Å². The minimum absolute atomic E-state index is 0.326. The maximum Gasteiger partial charge on any atom is 0.131 e. The molecule has 0 aromatic carbocycles. The molecular weight excluding hydrogens is 242 g/mol. The van der Waals surface area contributed by atoms with Gasteiger partial charge in [-0.1, -0.05) is 12.8 Å². The zero-order chi connectivity index (χ0) is 10.0. The number of rotatable bonds is 3. The first kappa shape index (κ1) is 10.2. The summed E-state index contributed by atoms with van der Waals surface area (Å²) in [7, 11) is 0. The summed E-state index contributed by atoms with van der Waals surface area (Å²) in [6.45, 7) is 3.13. The van der Waals surface area contributed by atoms with E-state index in [4.69, 9.17) is 4.42 Å². The van der Waals surface area contributed by atoms with E-state index >= 15 is 0 Å². The molecule has 14 heavy (non-hydrogen) atoms. The molecule has 1 fully saturated rings. The quantitative estimate of drug-likeness (QED) is 0.898. The topological polar surface area (TPSA) is 25.2 Å². The molecule has 1 aliphatic carbocycles. The highest BCUT2D eigenvalue weighted by Crippen LogP contribution is 2.29. The summed E-state index contributed by atoms with van der Waals surface area (Å²) >= 11 is 3.46. The Morgan fingerprint density at radius 1 is 1.50 bits per heavy atom. The molecule has 0 atom stereocenters. The monoisotopic (exact) mass is 257 g/mol. The Morgan fingerprint density at radius 2 is 2.21 bits per heavy atom. The predicted octanol–water partition coefficient (Wildman–Crippen LogP) is 3.46. The SMILES string of the molecule is CC1(NCc2occc2Br)CCCC1. The van der Waals surface area contributed by atoms with Crippen LogP contribution < -0.4 is 5.32 Å². The minimum Gasteiger partial charge on any atom is -0.467 e. The lowest BCUT2D eigenvalue weighted by Gasteiger charge is -2.24. The van der Waals surface area contributed by atoms with Gasteiger partial charge in [0.25, 0.3) is 0 Å². The number of furan rings is 1. The van der Waals surface area contributed by atoms with E-state index in [0.717, 1.165) is 16.8 Å². The maximum atomic E-state index is 5.36. The van der Waals surface area contributed by atoms with Crippen molar-refractivity contribution in [1.29, 1.82) is 0 Å². The first-order chi connectivity index (χ1) is 6.70. The van der Waals surface area contributed by atoms with Crippen molar-refractivity contribution in [2.45, 2.75) is 44.7 Å². The summed E-state index contributed by atoms with van der Waals surface area (Å²) < 4.78 is 6.42. The van der Waals surface area contributed by atoms with Gasteiger partial charge in [-0.25, -0.2) is 0 Å². The van der Waals surface area contributed by atoms with Gasteiger partial charge >= 0.3 is 0 Å². The summed E-state index contributed by atoms with van der Waals surface area (Å²) in [6, 6.07) is 1.94. The standard InChI is InChI=1S/C11H16BrNO/c1-11(5-2-3-6-11)13-8-10-9(12)4-7-14-10/h4,7,13H,2-3,5-6,8H2,1H3. The van der Waals surface area contributed by atoms with Crippen LogP contribution in [0.25, 0.3) is 0 Å². The third-order valence-corrected chi connectivity index (χ3v) is 3.78. The van der Waals surface area contributed by atoms with Crippen molar-refractivity contribution in [3.05, 3.63) is 22.6 Å². The molecular formula is C11H16BrNO. The fourth-order valence-electron chi connectivity index (χ4n) is 2.08. The van der Waals surface area contributed by atoms with Gasteiger partial charge in [-0.2, -0.15) is 0 Å². The molecule has 0 saturated heterocycles. The molecule has 3 heteroatoms. The maximum absolute atomic E-state index is 5.36. The molecule has 0 amide bonds. The van der Waals surface area contributed by atoms with Gasteiger partial charge in [0.1, 0.15) is 5.76 Å². The van der Waals surface area contributed by atoms with Gasteiger partial charge in [-0.05, 0) is 41.8 Å². The molecule has 0 spiro atoms. The van der Waals surface area contributed by atoms with Gasteiger partial charge in [0.2, 0.25) is 0 Å². The molecule has 0 bridgehead atoms. The van der Waals surface area contributed by atoms with E-state index in [2.05, 4.69) is 28.2 Å². The van der Waals surface area contributed by atoms with E-state index in [1.54, 1.807) is 6.26 Å². The number of nitrogens with one attached hydrogen (secondary N) is 1. The molecule has 0 unspecified atom stereocenters. The predicted molar refractivity (Wildman–Crippen MR) is 60.1 cm³/mol. The Hall–Kier alpha value is -0.280. The van der Waals surface area contributed by atoms with Crippen molar-refractivity contribution in [1.82, 2.24) is 5.32 Å². The summed E-state index contributed by atoms with van der Waals surface area (Å²) in [5, 5.41) is 3.58. The molecule has 1 heterocycles. The fraction of sp³-hybridized carbons (Fsp3) is 0.636. The van der Waals surface area contributed by atoms with Crippen LogP contribution in [0.4, 0.5) is 0 Å².